The van der Waals surface area contributed by atoms with Gasteiger partial charge < -0.3 is 24.7 Å². The Morgan fingerprint density at radius 3 is 2.56 bits per heavy atom. The predicted molar refractivity (Wildman–Crippen MR) is 89.2 cm³/mol. The number of aromatic nitrogens is 2. The zero-order valence-corrected chi connectivity index (χ0v) is 17.8. The molecule has 27 heavy (non-hydrogen) atoms. The van der Waals surface area contributed by atoms with E-state index in [0.717, 1.165) is 0 Å². The smallest absolute Gasteiger partial charge is 0.548 e. The first-order chi connectivity index (χ1) is 12.6. The molecule has 0 aliphatic carbocycles. The van der Waals surface area contributed by atoms with Crippen molar-refractivity contribution in [3.05, 3.63) is 60.5 Å². The maximum absolute atomic E-state index is 12.6. The maximum atomic E-state index is 12.6. The van der Waals surface area contributed by atoms with Gasteiger partial charge in [0.1, 0.15) is 11.4 Å². The fourth-order valence-electron chi connectivity index (χ4n) is 2.46. The van der Waals surface area contributed by atoms with E-state index in [0.29, 0.717) is 17.1 Å². The van der Waals surface area contributed by atoms with Crippen LogP contribution in [0.5, 0.6) is 0 Å². The minimum atomic E-state index is -1.47. The van der Waals surface area contributed by atoms with Crippen molar-refractivity contribution in [3.63, 3.8) is 0 Å². The quantitative estimate of drug-likeness (QED) is 0.424. The van der Waals surface area contributed by atoms with Crippen LogP contribution >= 0.6 is 0 Å². The molecule has 2 aromatic heterocycles. The molecule has 0 spiro atoms. The van der Waals surface area contributed by atoms with Crippen molar-refractivity contribution >= 4 is 11.9 Å². The van der Waals surface area contributed by atoms with Crippen LogP contribution in [-0.4, -0.2) is 39.4 Å². The average Bonchev–Trinajstić information content (AvgIpc) is 3.31. The zero-order chi connectivity index (χ0) is 18.5. The molecule has 2 N–H and O–H groups in total. The molecule has 0 aliphatic rings. The fourth-order valence-corrected chi connectivity index (χ4v) is 2.46. The third kappa shape index (κ3) is 5.16. The number of carbonyl (C=O) groups excluding carboxylic acids is 2. The molecule has 1 amide bonds. The largest absolute Gasteiger partial charge is 1.00 e. The molecule has 134 valence electrons. The Hall–Kier alpha value is -1.75. The van der Waals surface area contributed by atoms with Gasteiger partial charge in [0.05, 0.1) is 24.0 Å². The van der Waals surface area contributed by atoms with Gasteiger partial charge in [-0.1, -0.05) is 18.2 Å². The number of aliphatic carboxylic acids is 1. The van der Waals surface area contributed by atoms with Gasteiger partial charge in [0.25, 0.3) is 5.91 Å². The number of amides is 1. The van der Waals surface area contributed by atoms with Crippen molar-refractivity contribution < 1.29 is 75.6 Å². The molecule has 9 heteroatoms. The Balaban J connectivity index is 0.00000261. The standard InChI is InChI=1S/C18H17N3O5.K/c22-9-8-13(18(24)25)19-17(23)15-11-14(16-7-4-10-26-16)20-21(15)12-5-2-1-3-6-12;/h1-7,10-11,13,22H,8-9H2,(H,19,23)(H,24,25);/q;+1/p-1/t13-;/m0./s1. The molecule has 0 saturated carbocycles. The maximum Gasteiger partial charge on any atom is 1.00 e. The van der Waals surface area contributed by atoms with Crippen LogP contribution in [0.15, 0.2) is 59.2 Å². The first-order valence-electron chi connectivity index (χ1n) is 7.92. The molecule has 0 unspecified atom stereocenters. The van der Waals surface area contributed by atoms with E-state index in [2.05, 4.69) is 10.4 Å². The molecule has 0 saturated heterocycles. The molecule has 3 rings (SSSR count). The molecular formula is C18H16KN3O5. The van der Waals surface area contributed by atoms with Gasteiger partial charge in [0, 0.05) is 12.7 Å². The summed E-state index contributed by atoms with van der Waals surface area (Å²) < 4.78 is 6.72. The van der Waals surface area contributed by atoms with Crippen molar-refractivity contribution in [3.8, 4) is 17.1 Å². The van der Waals surface area contributed by atoms with E-state index in [1.165, 1.54) is 17.0 Å². The van der Waals surface area contributed by atoms with E-state index in [1.807, 2.05) is 6.07 Å². The fraction of sp³-hybridized carbons (Fsp3) is 0.167. The summed E-state index contributed by atoms with van der Waals surface area (Å²) in [7, 11) is 0. The van der Waals surface area contributed by atoms with Crippen LogP contribution in [0.2, 0.25) is 0 Å². The number of hydrogen-bond acceptors (Lipinski definition) is 6. The Morgan fingerprint density at radius 1 is 1.22 bits per heavy atom. The number of para-hydroxylation sites is 1. The van der Waals surface area contributed by atoms with Crippen LogP contribution in [0, 0.1) is 0 Å². The van der Waals surface area contributed by atoms with Gasteiger partial charge in [-0.15, -0.1) is 0 Å². The van der Waals surface area contributed by atoms with Crippen LogP contribution in [0.25, 0.3) is 17.1 Å². The second-order valence-electron chi connectivity index (χ2n) is 5.50. The zero-order valence-electron chi connectivity index (χ0n) is 14.7. The summed E-state index contributed by atoms with van der Waals surface area (Å²) in [6.45, 7) is -0.394. The van der Waals surface area contributed by atoms with Gasteiger partial charge in [-0.2, -0.15) is 5.10 Å². The minimum absolute atomic E-state index is 0. The van der Waals surface area contributed by atoms with Crippen LogP contribution in [0.3, 0.4) is 0 Å². The first kappa shape index (κ1) is 21.5. The number of furan rings is 1. The van der Waals surface area contributed by atoms with E-state index in [-0.39, 0.29) is 63.5 Å². The number of carboxylic acids is 1. The summed E-state index contributed by atoms with van der Waals surface area (Å²) in [5, 5.41) is 26.8. The van der Waals surface area contributed by atoms with Crippen molar-refractivity contribution in [2.45, 2.75) is 12.5 Å². The minimum Gasteiger partial charge on any atom is -0.548 e. The third-order valence-corrected chi connectivity index (χ3v) is 3.72. The van der Waals surface area contributed by atoms with E-state index in [1.54, 1.807) is 36.4 Å². The van der Waals surface area contributed by atoms with Gasteiger partial charge in [0.2, 0.25) is 0 Å². The van der Waals surface area contributed by atoms with Gasteiger partial charge in [-0.05, 0) is 30.7 Å². The summed E-state index contributed by atoms with van der Waals surface area (Å²) in [4.78, 5) is 23.8. The number of benzene rings is 1. The van der Waals surface area contributed by atoms with E-state index >= 15 is 0 Å². The van der Waals surface area contributed by atoms with Crippen molar-refractivity contribution in [1.82, 2.24) is 15.1 Å². The number of hydrogen-bond donors (Lipinski definition) is 2. The molecular weight excluding hydrogens is 377 g/mol. The molecule has 0 fully saturated rings. The Morgan fingerprint density at radius 2 is 1.96 bits per heavy atom. The second-order valence-corrected chi connectivity index (χ2v) is 5.50. The number of carboxylic acid groups (broad SMARTS) is 1. The summed E-state index contributed by atoms with van der Waals surface area (Å²) >= 11 is 0. The average molecular weight is 393 g/mol. The summed E-state index contributed by atoms with van der Waals surface area (Å²) in [5.74, 6) is -1.65. The molecule has 0 radical (unpaired) electrons. The second kappa shape index (κ2) is 9.97. The van der Waals surface area contributed by atoms with Crippen LogP contribution < -0.4 is 61.8 Å². The molecule has 3 aromatic rings. The number of aliphatic hydroxyl groups is 1. The summed E-state index contributed by atoms with van der Waals surface area (Å²) in [5.41, 5.74) is 1.19. The first-order valence-corrected chi connectivity index (χ1v) is 7.92. The third-order valence-electron chi connectivity index (χ3n) is 3.72. The molecule has 0 aliphatic heterocycles. The van der Waals surface area contributed by atoms with E-state index in [4.69, 9.17) is 9.52 Å². The van der Waals surface area contributed by atoms with Crippen LogP contribution in [-0.2, 0) is 4.79 Å². The Kier molecular flexibility index (Phi) is 7.96. The number of aliphatic hydroxyl groups excluding tert-OH is 1. The van der Waals surface area contributed by atoms with E-state index < -0.39 is 24.5 Å². The van der Waals surface area contributed by atoms with Crippen LogP contribution in [0.1, 0.15) is 16.9 Å². The monoisotopic (exact) mass is 393 g/mol. The van der Waals surface area contributed by atoms with E-state index in [9.17, 15) is 14.7 Å². The number of nitrogens with one attached hydrogen (secondary N) is 1. The van der Waals surface area contributed by atoms with Crippen molar-refractivity contribution in [2.75, 3.05) is 6.61 Å². The topological polar surface area (TPSA) is 120 Å². The SMILES string of the molecule is O=C(N[C@@H](CCO)C(=O)[O-])c1cc(-c2ccco2)nn1-c1ccccc1.[K+]. The van der Waals surface area contributed by atoms with Crippen LogP contribution in [0.4, 0.5) is 0 Å². The Labute approximate surface area is 197 Å². The molecule has 1 aromatic carbocycles. The number of rotatable bonds is 7. The molecule has 1 atom stereocenters. The summed E-state index contributed by atoms with van der Waals surface area (Å²) in [6, 6.07) is 12.5. The molecule has 0 bridgehead atoms. The van der Waals surface area contributed by atoms with Crippen molar-refractivity contribution in [1.29, 1.82) is 0 Å². The molecule has 8 nitrogen and oxygen atoms in total. The van der Waals surface area contributed by atoms with Gasteiger partial charge >= 0.3 is 51.4 Å². The predicted octanol–water partition coefficient (Wildman–Crippen LogP) is -2.63. The number of nitrogens with zero attached hydrogens (tertiary/aromatic N) is 2. The van der Waals surface area contributed by atoms with Gasteiger partial charge in [-0.25, -0.2) is 4.68 Å². The van der Waals surface area contributed by atoms with Gasteiger partial charge in [-0.3, -0.25) is 4.79 Å². The Bertz CT molecular complexity index is 893. The van der Waals surface area contributed by atoms with Gasteiger partial charge in [0.15, 0.2) is 5.76 Å². The molecule has 2 heterocycles. The normalized spacial score (nSPS) is 11.4. The summed E-state index contributed by atoms with van der Waals surface area (Å²) in [6.07, 6.45) is 1.34. The number of carbonyl (C=O) groups is 2. The van der Waals surface area contributed by atoms with Crippen molar-refractivity contribution in [2.24, 2.45) is 0 Å².